The van der Waals surface area contributed by atoms with E-state index in [1.165, 1.54) is 6.92 Å². The van der Waals surface area contributed by atoms with Gasteiger partial charge in [0.25, 0.3) is 0 Å². The summed E-state index contributed by atoms with van der Waals surface area (Å²) in [6.45, 7) is 7.83. The summed E-state index contributed by atoms with van der Waals surface area (Å²) in [5, 5.41) is 0. The third-order valence-corrected chi connectivity index (χ3v) is 8.75. The van der Waals surface area contributed by atoms with Gasteiger partial charge in [0.1, 0.15) is 11.9 Å². The molecule has 0 saturated heterocycles. The van der Waals surface area contributed by atoms with E-state index in [1.54, 1.807) is 13.0 Å². The highest BCUT2D eigenvalue weighted by Crippen LogP contribution is 2.66. The fraction of sp³-hybridized carbons (Fsp3) is 0.783. The van der Waals surface area contributed by atoms with Gasteiger partial charge >= 0.3 is 5.97 Å². The second-order valence-corrected chi connectivity index (χ2v) is 9.98. The predicted octanol–water partition coefficient (Wildman–Crippen LogP) is 4.27. The van der Waals surface area contributed by atoms with Crippen LogP contribution >= 0.6 is 0 Å². The van der Waals surface area contributed by atoms with Crippen molar-refractivity contribution < 1.29 is 19.1 Å². The molecule has 1 unspecified atom stereocenters. The molecule has 4 nitrogen and oxygen atoms in total. The maximum Gasteiger partial charge on any atom is 0.303 e. The molecule has 3 fully saturated rings. The molecule has 4 aliphatic carbocycles. The summed E-state index contributed by atoms with van der Waals surface area (Å²) in [6.07, 6.45) is 8.06. The Morgan fingerprint density at radius 2 is 1.81 bits per heavy atom. The largest absolute Gasteiger partial charge is 0.458 e. The number of fused-ring (bicyclic) bond motifs is 5. The average molecular weight is 373 g/mol. The van der Waals surface area contributed by atoms with Crippen molar-refractivity contribution in [3.8, 4) is 0 Å². The van der Waals surface area contributed by atoms with Gasteiger partial charge in [0.2, 0.25) is 0 Å². The summed E-state index contributed by atoms with van der Waals surface area (Å²) in [6, 6.07) is 0. The van der Waals surface area contributed by atoms with Crippen molar-refractivity contribution >= 4 is 17.5 Å². The molecule has 7 atom stereocenters. The molecular weight excluding hydrogens is 340 g/mol. The molecule has 148 valence electrons. The van der Waals surface area contributed by atoms with E-state index >= 15 is 0 Å². The summed E-state index contributed by atoms with van der Waals surface area (Å²) < 4.78 is 5.75. The Labute approximate surface area is 162 Å². The molecule has 4 rings (SSSR count). The number of ketones is 2. The Balaban J connectivity index is 1.73. The number of hydrogen-bond donors (Lipinski definition) is 0. The molecule has 4 heteroatoms. The lowest BCUT2D eigenvalue weighted by Crippen LogP contribution is -2.54. The summed E-state index contributed by atoms with van der Waals surface area (Å²) in [7, 11) is 0. The highest BCUT2D eigenvalue weighted by atomic mass is 16.5. The van der Waals surface area contributed by atoms with Gasteiger partial charge in [0.05, 0.1) is 0 Å². The van der Waals surface area contributed by atoms with Crippen molar-refractivity contribution in [3.63, 3.8) is 0 Å². The Hall–Kier alpha value is -1.45. The average Bonchev–Trinajstić information content (AvgIpc) is 2.93. The monoisotopic (exact) mass is 372 g/mol. The zero-order valence-corrected chi connectivity index (χ0v) is 17.0. The molecule has 27 heavy (non-hydrogen) atoms. The number of carbonyl (C=O) groups is 3. The van der Waals surface area contributed by atoms with E-state index in [0.29, 0.717) is 30.0 Å². The molecule has 0 aliphatic heterocycles. The topological polar surface area (TPSA) is 60.4 Å². The van der Waals surface area contributed by atoms with Crippen LogP contribution in [0.1, 0.15) is 72.6 Å². The second kappa shape index (κ2) is 6.28. The molecule has 0 bridgehead atoms. The molecule has 4 aliphatic rings. The van der Waals surface area contributed by atoms with Crippen LogP contribution in [0, 0.1) is 34.5 Å². The van der Waals surface area contributed by atoms with E-state index in [2.05, 4.69) is 13.8 Å². The highest BCUT2D eigenvalue weighted by molar-refractivity contribution is 5.92. The van der Waals surface area contributed by atoms with Crippen LogP contribution in [-0.2, 0) is 19.1 Å². The first kappa shape index (κ1) is 18.9. The van der Waals surface area contributed by atoms with Crippen LogP contribution in [0.3, 0.4) is 0 Å². The zero-order chi connectivity index (χ0) is 19.6. The molecule has 0 aromatic carbocycles. The first-order chi connectivity index (χ1) is 12.7. The van der Waals surface area contributed by atoms with Gasteiger partial charge in [0, 0.05) is 19.3 Å². The minimum absolute atomic E-state index is 0.0629. The Bertz CT molecular complexity index is 722. The second-order valence-electron chi connectivity index (χ2n) is 9.98. The van der Waals surface area contributed by atoms with Crippen molar-refractivity contribution in [2.24, 2.45) is 34.5 Å². The van der Waals surface area contributed by atoms with E-state index < -0.39 is 0 Å². The molecule has 3 saturated carbocycles. The van der Waals surface area contributed by atoms with Crippen molar-refractivity contribution in [1.29, 1.82) is 0 Å². The standard InChI is InChI=1S/C23H32O4/c1-13(24)17-5-6-18-16-12-21(27-14(2)25)20-11-15(26)7-9-23(20,4)19(16)8-10-22(17,18)3/h11,16-19,21H,5-10,12H2,1-4H3/t16-,17+,18-,19-,21?,22+,23+/m0/s1. The zero-order valence-electron chi connectivity index (χ0n) is 17.0. The number of Topliss-reactive ketones (excluding diaryl/α,β-unsaturated/α-hetero) is 1. The van der Waals surface area contributed by atoms with Crippen molar-refractivity contribution in [2.75, 3.05) is 0 Å². The molecular formula is C23H32O4. The van der Waals surface area contributed by atoms with Gasteiger partial charge in [-0.15, -0.1) is 0 Å². The van der Waals surface area contributed by atoms with Gasteiger partial charge in [-0.3, -0.25) is 14.4 Å². The number of esters is 1. The first-order valence-electron chi connectivity index (χ1n) is 10.6. The quantitative estimate of drug-likeness (QED) is 0.679. The minimum Gasteiger partial charge on any atom is -0.458 e. The Morgan fingerprint density at radius 1 is 1.07 bits per heavy atom. The number of carbonyl (C=O) groups excluding carboxylic acids is 3. The smallest absolute Gasteiger partial charge is 0.303 e. The minimum atomic E-state index is -0.281. The van der Waals surface area contributed by atoms with Crippen molar-refractivity contribution in [1.82, 2.24) is 0 Å². The van der Waals surface area contributed by atoms with Crippen LogP contribution in [0.25, 0.3) is 0 Å². The molecule has 0 amide bonds. The van der Waals surface area contributed by atoms with Crippen molar-refractivity contribution in [3.05, 3.63) is 11.6 Å². The third kappa shape index (κ3) is 2.74. The number of rotatable bonds is 2. The molecule has 0 spiro atoms. The van der Waals surface area contributed by atoms with E-state index in [0.717, 1.165) is 44.1 Å². The van der Waals surface area contributed by atoms with Crippen LogP contribution in [0.15, 0.2) is 11.6 Å². The molecule has 0 aromatic rings. The first-order valence-corrected chi connectivity index (χ1v) is 10.6. The van der Waals surface area contributed by atoms with E-state index in [-0.39, 0.29) is 34.6 Å². The number of ether oxygens (including phenoxy) is 1. The Kier molecular flexibility index (Phi) is 4.40. The normalized spacial score (nSPS) is 46.0. The fourth-order valence-electron chi connectivity index (χ4n) is 7.56. The van der Waals surface area contributed by atoms with Crippen molar-refractivity contribution in [2.45, 2.75) is 78.7 Å². The molecule has 0 N–H and O–H groups in total. The van der Waals surface area contributed by atoms with E-state index in [1.807, 2.05) is 0 Å². The van der Waals surface area contributed by atoms with Crippen LogP contribution in [0.4, 0.5) is 0 Å². The maximum atomic E-state index is 12.3. The molecule has 0 radical (unpaired) electrons. The van der Waals surface area contributed by atoms with Gasteiger partial charge in [0.15, 0.2) is 5.78 Å². The van der Waals surface area contributed by atoms with Crippen LogP contribution in [0.2, 0.25) is 0 Å². The van der Waals surface area contributed by atoms with E-state index in [9.17, 15) is 14.4 Å². The lowest BCUT2D eigenvalue weighted by Gasteiger charge is -2.59. The van der Waals surface area contributed by atoms with Gasteiger partial charge in [-0.1, -0.05) is 13.8 Å². The highest BCUT2D eigenvalue weighted by Gasteiger charge is 2.61. The summed E-state index contributed by atoms with van der Waals surface area (Å²) in [5.41, 5.74) is 1.07. The molecule has 0 heterocycles. The lowest BCUT2D eigenvalue weighted by molar-refractivity contribution is -0.153. The van der Waals surface area contributed by atoms with Gasteiger partial charge in [-0.05, 0) is 85.7 Å². The fourth-order valence-corrected chi connectivity index (χ4v) is 7.56. The van der Waals surface area contributed by atoms with E-state index in [4.69, 9.17) is 4.74 Å². The lowest BCUT2D eigenvalue weighted by atomic mass is 9.46. The third-order valence-electron chi connectivity index (χ3n) is 8.75. The van der Waals surface area contributed by atoms with Gasteiger partial charge < -0.3 is 4.74 Å². The Morgan fingerprint density at radius 3 is 2.48 bits per heavy atom. The van der Waals surface area contributed by atoms with Gasteiger partial charge in [-0.25, -0.2) is 0 Å². The summed E-state index contributed by atoms with van der Waals surface area (Å²) >= 11 is 0. The summed E-state index contributed by atoms with van der Waals surface area (Å²) in [5.74, 6) is 1.90. The van der Waals surface area contributed by atoms with Gasteiger partial charge in [-0.2, -0.15) is 0 Å². The predicted molar refractivity (Wildman–Crippen MR) is 102 cm³/mol. The number of hydrogen-bond acceptors (Lipinski definition) is 4. The SMILES string of the molecule is CC(=O)OC1C[C@H]2[C@@H]3CC[C@H](C(C)=O)[C@@]3(C)CC[C@@H]2[C@@]2(C)CCC(=O)C=C12. The maximum absolute atomic E-state index is 12.3. The van der Waals surface area contributed by atoms with Crippen LogP contribution in [0.5, 0.6) is 0 Å². The molecule has 0 aromatic heterocycles. The van der Waals surface area contributed by atoms with Crippen LogP contribution < -0.4 is 0 Å². The van der Waals surface area contributed by atoms with Crippen LogP contribution in [-0.4, -0.2) is 23.6 Å². The summed E-state index contributed by atoms with van der Waals surface area (Å²) in [4.78, 5) is 36.2.